The monoisotopic (exact) mass is 532 g/mol. The summed E-state index contributed by atoms with van der Waals surface area (Å²) in [5.41, 5.74) is -0.718. The molecule has 9 heteroatoms. The summed E-state index contributed by atoms with van der Waals surface area (Å²) in [6, 6.07) is 24.7. The zero-order chi connectivity index (χ0) is 27.8. The van der Waals surface area contributed by atoms with Crippen molar-refractivity contribution in [2.24, 2.45) is 0 Å². The molecule has 39 heavy (non-hydrogen) atoms. The van der Waals surface area contributed by atoms with E-state index in [1.165, 1.54) is 6.92 Å². The fourth-order valence-corrected chi connectivity index (χ4v) is 4.23. The van der Waals surface area contributed by atoms with Gasteiger partial charge in [-0.3, -0.25) is 4.79 Å². The SMILES string of the molecule is CC[C@]1(COC(=O)c2ccccc2)O[C@H](OC(C)=O)[C@H](OC(=O)c2ccccc2)[C@@H]1OC(=O)c1ccccc1. The first kappa shape index (κ1) is 27.5. The average Bonchev–Trinajstić information content (AvgIpc) is 3.24. The van der Waals surface area contributed by atoms with Crippen LogP contribution in [-0.2, 0) is 28.5 Å². The second-order valence-corrected chi connectivity index (χ2v) is 8.88. The summed E-state index contributed by atoms with van der Waals surface area (Å²) in [6.45, 7) is 2.53. The van der Waals surface area contributed by atoms with Gasteiger partial charge in [0, 0.05) is 6.92 Å². The van der Waals surface area contributed by atoms with Crippen molar-refractivity contribution in [2.45, 2.75) is 44.4 Å². The number of ether oxygens (including phenoxy) is 5. The molecule has 0 radical (unpaired) electrons. The Labute approximate surface area is 225 Å². The molecule has 0 bridgehead atoms. The van der Waals surface area contributed by atoms with Gasteiger partial charge in [0.15, 0.2) is 6.10 Å². The van der Waals surface area contributed by atoms with Crippen LogP contribution in [-0.4, -0.2) is 54.6 Å². The minimum atomic E-state index is -1.50. The maximum absolute atomic E-state index is 13.2. The van der Waals surface area contributed by atoms with E-state index in [4.69, 9.17) is 23.7 Å². The first-order valence-electron chi connectivity index (χ1n) is 12.4. The number of rotatable bonds is 9. The van der Waals surface area contributed by atoms with Crippen LogP contribution in [0.15, 0.2) is 91.0 Å². The Morgan fingerprint density at radius 3 is 1.62 bits per heavy atom. The van der Waals surface area contributed by atoms with Gasteiger partial charge in [-0.15, -0.1) is 0 Å². The molecule has 202 valence electrons. The van der Waals surface area contributed by atoms with Gasteiger partial charge < -0.3 is 23.7 Å². The van der Waals surface area contributed by atoms with E-state index in [2.05, 4.69) is 0 Å². The third-order valence-corrected chi connectivity index (χ3v) is 6.27. The summed E-state index contributed by atoms with van der Waals surface area (Å²) in [7, 11) is 0. The molecule has 0 spiro atoms. The van der Waals surface area contributed by atoms with Crippen LogP contribution in [0, 0.1) is 0 Å². The largest absolute Gasteiger partial charge is 0.459 e. The molecular weight excluding hydrogens is 504 g/mol. The Morgan fingerprint density at radius 1 is 0.692 bits per heavy atom. The lowest BCUT2D eigenvalue weighted by Gasteiger charge is -2.32. The maximum atomic E-state index is 13.2. The van der Waals surface area contributed by atoms with Crippen LogP contribution in [0.1, 0.15) is 51.3 Å². The zero-order valence-corrected chi connectivity index (χ0v) is 21.5. The molecule has 1 fully saturated rings. The molecule has 1 heterocycles. The van der Waals surface area contributed by atoms with Crippen LogP contribution in [0.3, 0.4) is 0 Å². The molecule has 3 aromatic rings. The first-order valence-corrected chi connectivity index (χ1v) is 12.4. The zero-order valence-electron chi connectivity index (χ0n) is 21.5. The predicted octanol–water partition coefficient (Wildman–Crippen LogP) is 4.36. The van der Waals surface area contributed by atoms with Gasteiger partial charge in [0.1, 0.15) is 12.2 Å². The second kappa shape index (κ2) is 12.4. The summed E-state index contributed by atoms with van der Waals surface area (Å²) < 4.78 is 28.7. The van der Waals surface area contributed by atoms with Crippen molar-refractivity contribution < 1.29 is 42.9 Å². The minimum absolute atomic E-state index is 0.152. The van der Waals surface area contributed by atoms with Crippen molar-refractivity contribution in [3.05, 3.63) is 108 Å². The van der Waals surface area contributed by atoms with Crippen molar-refractivity contribution in [1.82, 2.24) is 0 Å². The van der Waals surface area contributed by atoms with Crippen molar-refractivity contribution in [1.29, 1.82) is 0 Å². The van der Waals surface area contributed by atoms with Crippen LogP contribution >= 0.6 is 0 Å². The van der Waals surface area contributed by atoms with E-state index in [-0.39, 0.29) is 24.2 Å². The fraction of sp³-hybridized carbons (Fsp3) is 0.267. The molecule has 0 saturated carbocycles. The quantitative estimate of drug-likeness (QED) is 0.293. The molecule has 3 aromatic carbocycles. The van der Waals surface area contributed by atoms with Gasteiger partial charge in [-0.2, -0.15) is 0 Å². The van der Waals surface area contributed by atoms with E-state index >= 15 is 0 Å². The van der Waals surface area contributed by atoms with E-state index in [0.717, 1.165) is 0 Å². The van der Waals surface area contributed by atoms with Crippen molar-refractivity contribution in [2.75, 3.05) is 6.61 Å². The van der Waals surface area contributed by atoms with E-state index in [1.54, 1.807) is 97.9 Å². The van der Waals surface area contributed by atoms with Gasteiger partial charge in [-0.25, -0.2) is 14.4 Å². The molecule has 1 aliphatic rings. The van der Waals surface area contributed by atoms with E-state index < -0.39 is 48.0 Å². The summed E-state index contributed by atoms with van der Waals surface area (Å²) in [5, 5.41) is 0. The third-order valence-electron chi connectivity index (χ3n) is 6.27. The highest BCUT2D eigenvalue weighted by Gasteiger charge is 2.61. The molecule has 0 unspecified atom stereocenters. The first-order chi connectivity index (χ1) is 18.8. The van der Waals surface area contributed by atoms with Crippen molar-refractivity contribution in [3.63, 3.8) is 0 Å². The van der Waals surface area contributed by atoms with E-state index in [9.17, 15) is 19.2 Å². The van der Waals surface area contributed by atoms with E-state index in [0.29, 0.717) is 5.56 Å². The standard InChI is InChI=1S/C30H28O9/c1-3-30(19-35-26(32)21-13-7-4-8-14-21)25(38-28(34)23-17-11-6-12-18-23)24(29(39-30)36-20(2)31)37-27(33)22-15-9-5-10-16-22/h4-18,24-25,29H,3,19H2,1-2H3/t24-,25+,29+,30-/m1/s1. The van der Waals surface area contributed by atoms with Gasteiger partial charge in [-0.1, -0.05) is 61.5 Å². The normalized spacial score (nSPS) is 21.9. The van der Waals surface area contributed by atoms with Gasteiger partial charge in [0.2, 0.25) is 12.4 Å². The van der Waals surface area contributed by atoms with Crippen LogP contribution in [0.4, 0.5) is 0 Å². The molecule has 4 rings (SSSR count). The Bertz CT molecular complexity index is 1290. The molecule has 4 atom stereocenters. The highest BCUT2D eigenvalue weighted by Crippen LogP contribution is 2.40. The third kappa shape index (κ3) is 6.50. The fourth-order valence-electron chi connectivity index (χ4n) is 4.23. The Morgan fingerprint density at radius 2 is 1.15 bits per heavy atom. The molecule has 0 aromatic heterocycles. The van der Waals surface area contributed by atoms with Crippen molar-refractivity contribution >= 4 is 23.9 Å². The topological polar surface area (TPSA) is 114 Å². The number of hydrogen-bond donors (Lipinski definition) is 0. The minimum Gasteiger partial charge on any atom is -0.459 e. The molecule has 0 aliphatic carbocycles. The van der Waals surface area contributed by atoms with Crippen LogP contribution in [0.25, 0.3) is 0 Å². The smallest absolute Gasteiger partial charge is 0.338 e. The van der Waals surface area contributed by atoms with Crippen LogP contribution in [0.2, 0.25) is 0 Å². The Kier molecular flexibility index (Phi) is 8.73. The number of carbonyl (C=O) groups is 4. The molecule has 1 aliphatic heterocycles. The molecule has 0 N–H and O–H groups in total. The highest BCUT2D eigenvalue weighted by molar-refractivity contribution is 5.91. The van der Waals surface area contributed by atoms with Crippen LogP contribution in [0.5, 0.6) is 0 Å². The highest BCUT2D eigenvalue weighted by atomic mass is 16.8. The summed E-state index contributed by atoms with van der Waals surface area (Å²) in [5.74, 6) is -2.80. The lowest BCUT2D eigenvalue weighted by molar-refractivity contribution is -0.205. The summed E-state index contributed by atoms with van der Waals surface area (Å²) in [6.07, 6.45) is -3.93. The van der Waals surface area contributed by atoms with E-state index in [1.807, 2.05) is 0 Å². The number of carbonyl (C=O) groups excluding carboxylic acids is 4. The molecule has 9 nitrogen and oxygen atoms in total. The summed E-state index contributed by atoms with van der Waals surface area (Å²) >= 11 is 0. The lowest BCUT2D eigenvalue weighted by Crippen LogP contribution is -2.50. The lowest BCUT2D eigenvalue weighted by atomic mass is 9.92. The second-order valence-electron chi connectivity index (χ2n) is 8.88. The Balaban J connectivity index is 1.68. The van der Waals surface area contributed by atoms with Crippen molar-refractivity contribution in [3.8, 4) is 0 Å². The maximum Gasteiger partial charge on any atom is 0.338 e. The number of hydrogen-bond acceptors (Lipinski definition) is 9. The van der Waals surface area contributed by atoms with Gasteiger partial charge in [0.05, 0.1) is 16.7 Å². The average molecular weight is 533 g/mol. The summed E-state index contributed by atoms with van der Waals surface area (Å²) in [4.78, 5) is 50.9. The Hall–Kier alpha value is -4.50. The van der Waals surface area contributed by atoms with Crippen LogP contribution < -0.4 is 0 Å². The number of esters is 4. The predicted molar refractivity (Wildman–Crippen MR) is 138 cm³/mol. The number of benzene rings is 3. The van der Waals surface area contributed by atoms with Gasteiger partial charge in [-0.05, 0) is 42.8 Å². The van der Waals surface area contributed by atoms with Gasteiger partial charge in [0.25, 0.3) is 0 Å². The molecular formula is C30H28O9. The molecule has 1 saturated heterocycles. The molecule has 0 amide bonds. The van der Waals surface area contributed by atoms with Gasteiger partial charge >= 0.3 is 23.9 Å².